The average Bonchev–Trinajstić information content (AvgIpc) is 3.13. The van der Waals surface area contributed by atoms with Crippen LogP contribution in [0.25, 0.3) is 0 Å². The lowest BCUT2D eigenvalue weighted by atomic mass is 10.0. The van der Waals surface area contributed by atoms with Crippen LogP contribution in [0.4, 0.5) is 0 Å². The van der Waals surface area contributed by atoms with Crippen LogP contribution < -0.4 is 5.32 Å². The highest BCUT2D eigenvalue weighted by Gasteiger charge is 2.31. The average molecular weight is 226 g/mol. The van der Waals surface area contributed by atoms with E-state index in [2.05, 4.69) is 17.1 Å². The first-order valence-electron chi connectivity index (χ1n) is 6.95. The van der Waals surface area contributed by atoms with Gasteiger partial charge in [-0.25, -0.2) is 0 Å². The van der Waals surface area contributed by atoms with Crippen molar-refractivity contribution in [3.05, 3.63) is 0 Å². The SMILES string of the molecule is CCC(O)CN(CC1CCCCN1)C1CC1. The largest absolute Gasteiger partial charge is 0.392 e. The predicted molar refractivity (Wildman–Crippen MR) is 66.5 cm³/mol. The van der Waals surface area contributed by atoms with Gasteiger partial charge in [-0.05, 0) is 38.6 Å². The predicted octanol–water partition coefficient (Wildman–Crippen LogP) is 1.36. The summed E-state index contributed by atoms with van der Waals surface area (Å²) in [7, 11) is 0. The first-order chi connectivity index (χ1) is 7.79. The zero-order valence-corrected chi connectivity index (χ0v) is 10.5. The summed E-state index contributed by atoms with van der Waals surface area (Å²) in [6.07, 6.45) is 7.42. The van der Waals surface area contributed by atoms with Gasteiger partial charge < -0.3 is 10.4 Å². The van der Waals surface area contributed by atoms with Crippen molar-refractivity contribution in [3.8, 4) is 0 Å². The Labute approximate surface area is 99.2 Å². The Morgan fingerprint density at radius 3 is 2.69 bits per heavy atom. The van der Waals surface area contributed by atoms with Crippen molar-refractivity contribution in [2.24, 2.45) is 0 Å². The summed E-state index contributed by atoms with van der Waals surface area (Å²) in [6.45, 7) is 5.26. The van der Waals surface area contributed by atoms with Gasteiger partial charge in [0.2, 0.25) is 0 Å². The van der Waals surface area contributed by atoms with Gasteiger partial charge in [-0.3, -0.25) is 4.90 Å². The quantitative estimate of drug-likeness (QED) is 0.718. The molecule has 1 heterocycles. The molecule has 0 bridgehead atoms. The Hall–Kier alpha value is -0.120. The summed E-state index contributed by atoms with van der Waals surface area (Å²) in [5.41, 5.74) is 0. The maximum Gasteiger partial charge on any atom is 0.0664 e. The van der Waals surface area contributed by atoms with Crippen LogP contribution in [0.2, 0.25) is 0 Å². The van der Waals surface area contributed by atoms with Crippen LogP contribution in [0.15, 0.2) is 0 Å². The molecule has 0 aromatic heterocycles. The smallest absolute Gasteiger partial charge is 0.0664 e. The van der Waals surface area contributed by atoms with Gasteiger partial charge in [0, 0.05) is 25.2 Å². The summed E-state index contributed by atoms with van der Waals surface area (Å²) in [6, 6.07) is 1.43. The standard InChI is InChI=1S/C13H26N2O/c1-2-13(16)10-15(12-6-7-12)9-11-5-3-4-8-14-11/h11-14,16H,2-10H2,1H3. The number of aliphatic hydroxyl groups is 1. The van der Waals surface area contributed by atoms with Crippen molar-refractivity contribution in [2.75, 3.05) is 19.6 Å². The normalized spacial score (nSPS) is 28.3. The second kappa shape index (κ2) is 5.99. The zero-order chi connectivity index (χ0) is 11.4. The topological polar surface area (TPSA) is 35.5 Å². The highest BCUT2D eigenvalue weighted by Crippen LogP contribution is 2.27. The molecule has 0 radical (unpaired) electrons. The molecule has 2 aliphatic rings. The van der Waals surface area contributed by atoms with E-state index in [0.717, 1.165) is 25.6 Å². The number of nitrogens with one attached hydrogen (secondary N) is 1. The van der Waals surface area contributed by atoms with Gasteiger partial charge >= 0.3 is 0 Å². The summed E-state index contributed by atoms with van der Waals surface area (Å²) in [5, 5.41) is 13.4. The molecule has 2 atom stereocenters. The van der Waals surface area contributed by atoms with Gasteiger partial charge in [-0.1, -0.05) is 13.3 Å². The van der Waals surface area contributed by atoms with Crippen LogP contribution in [0.1, 0.15) is 45.4 Å². The Bertz CT molecular complexity index is 200. The molecule has 1 aliphatic carbocycles. The molecule has 0 amide bonds. The lowest BCUT2D eigenvalue weighted by molar-refractivity contribution is 0.0962. The molecule has 3 heteroatoms. The molecule has 3 nitrogen and oxygen atoms in total. The van der Waals surface area contributed by atoms with Gasteiger partial charge in [0.1, 0.15) is 0 Å². The van der Waals surface area contributed by atoms with Gasteiger partial charge in [0.05, 0.1) is 6.10 Å². The van der Waals surface area contributed by atoms with E-state index < -0.39 is 0 Å². The molecular formula is C13H26N2O. The van der Waals surface area contributed by atoms with E-state index in [0.29, 0.717) is 6.04 Å². The fraction of sp³-hybridized carbons (Fsp3) is 1.00. The molecule has 94 valence electrons. The maximum atomic E-state index is 9.77. The van der Waals surface area contributed by atoms with E-state index >= 15 is 0 Å². The van der Waals surface area contributed by atoms with Crippen molar-refractivity contribution in [1.82, 2.24) is 10.2 Å². The number of aliphatic hydroxyl groups excluding tert-OH is 1. The summed E-state index contributed by atoms with van der Waals surface area (Å²) in [5.74, 6) is 0. The first kappa shape index (κ1) is 12.3. The molecule has 1 saturated heterocycles. The summed E-state index contributed by atoms with van der Waals surface area (Å²) >= 11 is 0. The van der Waals surface area contributed by atoms with Gasteiger partial charge in [0.25, 0.3) is 0 Å². The minimum Gasteiger partial charge on any atom is -0.392 e. The van der Waals surface area contributed by atoms with Crippen molar-refractivity contribution >= 4 is 0 Å². The lowest BCUT2D eigenvalue weighted by Gasteiger charge is -2.31. The van der Waals surface area contributed by atoms with Crippen molar-refractivity contribution in [1.29, 1.82) is 0 Å². The highest BCUT2D eigenvalue weighted by molar-refractivity contribution is 4.88. The van der Waals surface area contributed by atoms with Gasteiger partial charge in [0.15, 0.2) is 0 Å². The third-order valence-corrected chi connectivity index (χ3v) is 3.85. The molecule has 2 fully saturated rings. The minimum absolute atomic E-state index is 0.135. The lowest BCUT2D eigenvalue weighted by Crippen LogP contribution is -2.46. The number of hydrogen-bond acceptors (Lipinski definition) is 3. The molecular weight excluding hydrogens is 200 g/mol. The second-order valence-electron chi connectivity index (χ2n) is 5.39. The molecule has 2 rings (SSSR count). The van der Waals surface area contributed by atoms with Crippen molar-refractivity contribution in [3.63, 3.8) is 0 Å². The first-order valence-corrected chi connectivity index (χ1v) is 6.95. The monoisotopic (exact) mass is 226 g/mol. The Morgan fingerprint density at radius 1 is 1.31 bits per heavy atom. The number of piperidine rings is 1. The van der Waals surface area contributed by atoms with Crippen molar-refractivity contribution < 1.29 is 5.11 Å². The highest BCUT2D eigenvalue weighted by atomic mass is 16.3. The fourth-order valence-corrected chi connectivity index (χ4v) is 2.58. The Balaban J connectivity index is 1.77. The van der Waals surface area contributed by atoms with Crippen LogP contribution in [0.5, 0.6) is 0 Å². The second-order valence-corrected chi connectivity index (χ2v) is 5.39. The van der Waals surface area contributed by atoms with E-state index in [1.807, 2.05) is 0 Å². The molecule has 1 saturated carbocycles. The zero-order valence-electron chi connectivity index (χ0n) is 10.5. The molecule has 16 heavy (non-hydrogen) atoms. The van der Waals surface area contributed by atoms with Gasteiger partial charge in [-0.2, -0.15) is 0 Å². The Kier molecular flexibility index (Phi) is 4.62. The van der Waals surface area contributed by atoms with E-state index in [-0.39, 0.29) is 6.10 Å². The number of nitrogens with zero attached hydrogens (tertiary/aromatic N) is 1. The van der Waals surface area contributed by atoms with E-state index in [4.69, 9.17) is 0 Å². The number of hydrogen-bond donors (Lipinski definition) is 2. The Morgan fingerprint density at radius 2 is 2.12 bits per heavy atom. The number of rotatable bonds is 6. The molecule has 0 aromatic rings. The third kappa shape index (κ3) is 3.72. The van der Waals surface area contributed by atoms with Crippen molar-refractivity contribution in [2.45, 2.75) is 63.6 Å². The van der Waals surface area contributed by atoms with Crippen LogP contribution in [-0.4, -0.2) is 47.8 Å². The summed E-state index contributed by atoms with van der Waals surface area (Å²) in [4.78, 5) is 2.51. The maximum absolute atomic E-state index is 9.77. The summed E-state index contributed by atoms with van der Waals surface area (Å²) < 4.78 is 0. The molecule has 1 aliphatic heterocycles. The van der Waals surface area contributed by atoms with Crippen LogP contribution in [0, 0.1) is 0 Å². The molecule has 0 spiro atoms. The van der Waals surface area contributed by atoms with E-state index in [1.165, 1.54) is 38.6 Å². The van der Waals surface area contributed by atoms with E-state index in [9.17, 15) is 5.11 Å². The van der Waals surface area contributed by atoms with Gasteiger partial charge in [-0.15, -0.1) is 0 Å². The minimum atomic E-state index is -0.135. The molecule has 2 N–H and O–H groups in total. The van der Waals surface area contributed by atoms with Crippen LogP contribution in [0.3, 0.4) is 0 Å². The third-order valence-electron chi connectivity index (χ3n) is 3.85. The fourth-order valence-electron chi connectivity index (χ4n) is 2.58. The molecule has 0 aromatic carbocycles. The molecule has 2 unspecified atom stereocenters. The van der Waals surface area contributed by atoms with Crippen LogP contribution >= 0.6 is 0 Å². The van der Waals surface area contributed by atoms with Crippen LogP contribution in [-0.2, 0) is 0 Å². The van der Waals surface area contributed by atoms with E-state index in [1.54, 1.807) is 0 Å².